The van der Waals surface area contributed by atoms with Crippen LogP contribution in [0.1, 0.15) is 12.0 Å². The maximum Gasteiger partial charge on any atom is 0.328 e. The monoisotopic (exact) mass is 239 g/mol. The zero-order valence-corrected chi connectivity index (χ0v) is 10.4. The number of hydrogen-bond donors (Lipinski definition) is 1. The molecule has 0 heterocycles. The van der Waals surface area contributed by atoms with E-state index in [9.17, 15) is 4.79 Å². The van der Waals surface area contributed by atoms with Crippen LogP contribution < -0.4 is 10.5 Å². The van der Waals surface area contributed by atoms with Gasteiger partial charge in [0.2, 0.25) is 0 Å². The summed E-state index contributed by atoms with van der Waals surface area (Å²) in [5, 5.41) is 0. The summed E-state index contributed by atoms with van der Waals surface area (Å²) in [6.45, 7) is 1.95. The number of nitrogens with two attached hydrogens (primary N) is 1. The summed E-state index contributed by atoms with van der Waals surface area (Å²) in [4.78, 5) is 11.6. The molecule has 0 unspecified atom stereocenters. The Bertz CT molecular complexity index is 355. The summed E-state index contributed by atoms with van der Waals surface area (Å²) in [7, 11) is 0. The molecule has 1 aromatic carbocycles. The van der Waals surface area contributed by atoms with Crippen molar-refractivity contribution in [3.63, 3.8) is 0 Å². The Kier molecular flexibility index (Phi) is 5.35. The first-order valence-corrected chi connectivity index (χ1v) is 6.55. The molecule has 1 atom stereocenters. The molecule has 0 aromatic heterocycles. The smallest absolute Gasteiger partial charge is 0.328 e. The molecule has 0 saturated heterocycles. The molecule has 0 spiro atoms. The Morgan fingerprint density at radius 2 is 2.31 bits per heavy atom. The van der Waals surface area contributed by atoms with Gasteiger partial charge in [-0.25, -0.2) is 4.79 Å². The van der Waals surface area contributed by atoms with Crippen molar-refractivity contribution in [1.29, 1.82) is 0 Å². The van der Waals surface area contributed by atoms with Crippen LogP contribution in [0.5, 0.6) is 5.75 Å². The molecule has 0 aliphatic carbocycles. The fourth-order valence-electron chi connectivity index (χ4n) is 1.23. The van der Waals surface area contributed by atoms with Gasteiger partial charge in [0.1, 0.15) is 11.8 Å². The third kappa shape index (κ3) is 4.24. The van der Waals surface area contributed by atoms with Crippen molar-refractivity contribution in [2.45, 2.75) is 19.4 Å². The van der Waals surface area contributed by atoms with Crippen LogP contribution in [-0.4, -0.2) is 24.0 Å². The van der Waals surface area contributed by atoms with Crippen LogP contribution >= 0.6 is 11.8 Å². The van der Waals surface area contributed by atoms with Crippen molar-refractivity contribution in [3.8, 4) is 5.75 Å². The highest BCUT2D eigenvalue weighted by molar-refractivity contribution is 7.98. The topological polar surface area (TPSA) is 52.3 Å². The third-order valence-electron chi connectivity index (χ3n) is 2.14. The van der Waals surface area contributed by atoms with Crippen LogP contribution in [0, 0.1) is 6.92 Å². The maximum atomic E-state index is 11.6. The van der Waals surface area contributed by atoms with Crippen LogP contribution in [-0.2, 0) is 4.79 Å². The van der Waals surface area contributed by atoms with Gasteiger partial charge in [-0.2, -0.15) is 11.8 Å². The van der Waals surface area contributed by atoms with Crippen molar-refractivity contribution >= 4 is 17.7 Å². The van der Waals surface area contributed by atoms with Gasteiger partial charge < -0.3 is 10.5 Å². The van der Waals surface area contributed by atoms with E-state index in [1.54, 1.807) is 17.8 Å². The summed E-state index contributed by atoms with van der Waals surface area (Å²) >= 11 is 1.67. The molecule has 0 aliphatic heterocycles. The predicted octanol–water partition coefficient (Wildman–Crippen LogP) is 1.98. The number of carbonyl (C=O) groups excluding carboxylic acids is 1. The summed E-state index contributed by atoms with van der Waals surface area (Å²) in [5.41, 5.74) is 6.76. The normalized spacial score (nSPS) is 12.2. The molecule has 0 radical (unpaired) electrons. The molecule has 16 heavy (non-hydrogen) atoms. The lowest BCUT2D eigenvalue weighted by atomic mass is 10.2. The number of hydrogen-bond acceptors (Lipinski definition) is 4. The SMILES string of the molecule is CSCC[C@H](N)C(=O)Oc1cccc(C)c1. The van der Waals surface area contributed by atoms with E-state index in [1.807, 2.05) is 31.4 Å². The third-order valence-corrected chi connectivity index (χ3v) is 2.79. The van der Waals surface area contributed by atoms with E-state index < -0.39 is 6.04 Å². The first-order valence-electron chi connectivity index (χ1n) is 5.16. The molecule has 4 heteroatoms. The molecule has 3 nitrogen and oxygen atoms in total. The van der Waals surface area contributed by atoms with E-state index in [-0.39, 0.29) is 5.97 Å². The molecule has 2 N–H and O–H groups in total. The van der Waals surface area contributed by atoms with Gasteiger partial charge in [-0.1, -0.05) is 12.1 Å². The molecule has 1 rings (SSSR count). The zero-order valence-electron chi connectivity index (χ0n) is 9.60. The standard InChI is InChI=1S/C12H17NO2S/c1-9-4-3-5-10(8-9)15-12(14)11(13)6-7-16-2/h3-5,8,11H,6-7,13H2,1-2H3/t11-/m0/s1. The minimum Gasteiger partial charge on any atom is -0.425 e. The van der Waals surface area contributed by atoms with Crippen molar-refractivity contribution < 1.29 is 9.53 Å². The maximum absolute atomic E-state index is 11.6. The van der Waals surface area contributed by atoms with Crippen molar-refractivity contribution in [2.24, 2.45) is 5.73 Å². The van der Waals surface area contributed by atoms with Gasteiger partial charge >= 0.3 is 5.97 Å². The lowest BCUT2D eigenvalue weighted by Gasteiger charge is -2.10. The lowest BCUT2D eigenvalue weighted by molar-refractivity contribution is -0.135. The zero-order chi connectivity index (χ0) is 12.0. The first-order chi connectivity index (χ1) is 7.63. The predicted molar refractivity (Wildman–Crippen MR) is 67.8 cm³/mol. The van der Waals surface area contributed by atoms with E-state index in [0.717, 1.165) is 11.3 Å². The highest BCUT2D eigenvalue weighted by atomic mass is 32.2. The second kappa shape index (κ2) is 6.55. The number of aryl methyl sites for hydroxylation is 1. The van der Waals surface area contributed by atoms with Crippen molar-refractivity contribution in [3.05, 3.63) is 29.8 Å². The van der Waals surface area contributed by atoms with Gasteiger partial charge in [-0.3, -0.25) is 0 Å². The number of benzene rings is 1. The van der Waals surface area contributed by atoms with Crippen LogP contribution in [0.3, 0.4) is 0 Å². The Labute approximate surface area is 100 Å². The van der Waals surface area contributed by atoms with Crippen molar-refractivity contribution in [1.82, 2.24) is 0 Å². The van der Waals surface area contributed by atoms with E-state index in [0.29, 0.717) is 12.2 Å². The van der Waals surface area contributed by atoms with E-state index in [4.69, 9.17) is 10.5 Å². The summed E-state index contributed by atoms with van der Waals surface area (Å²) in [5.74, 6) is 1.06. The number of ether oxygens (including phenoxy) is 1. The highest BCUT2D eigenvalue weighted by Crippen LogP contribution is 2.13. The van der Waals surface area contributed by atoms with Gasteiger partial charge in [0.05, 0.1) is 0 Å². The average molecular weight is 239 g/mol. The number of rotatable bonds is 5. The van der Waals surface area contributed by atoms with Crippen molar-refractivity contribution in [2.75, 3.05) is 12.0 Å². The summed E-state index contributed by atoms with van der Waals surface area (Å²) < 4.78 is 5.18. The minimum absolute atomic E-state index is 0.361. The van der Waals surface area contributed by atoms with Gasteiger partial charge in [0.25, 0.3) is 0 Å². The molecule has 1 aromatic rings. The Morgan fingerprint density at radius 1 is 1.56 bits per heavy atom. The number of esters is 1. The highest BCUT2D eigenvalue weighted by Gasteiger charge is 2.15. The quantitative estimate of drug-likeness (QED) is 0.630. The Hall–Kier alpha value is -1.00. The summed E-state index contributed by atoms with van der Waals surface area (Å²) in [6.07, 6.45) is 2.63. The van der Waals surface area contributed by atoms with E-state index >= 15 is 0 Å². The van der Waals surface area contributed by atoms with Gasteiger partial charge in [-0.15, -0.1) is 0 Å². The van der Waals surface area contributed by atoms with Gasteiger partial charge in [0.15, 0.2) is 0 Å². The van der Waals surface area contributed by atoms with E-state index in [1.165, 1.54) is 0 Å². The fraction of sp³-hybridized carbons (Fsp3) is 0.417. The van der Waals surface area contributed by atoms with Crippen LogP contribution in [0.15, 0.2) is 24.3 Å². The average Bonchev–Trinajstić information content (AvgIpc) is 2.25. The minimum atomic E-state index is -0.534. The first kappa shape index (κ1) is 13.1. The number of carbonyl (C=O) groups is 1. The second-order valence-corrected chi connectivity index (χ2v) is 4.61. The molecular weight excluding hydrogens is 222 g/mol. The van der Waals surface area contributed by atoms with Gasteiger partial charge in [0, 0.05) is 0 Å². The van der Waals surface area contributed by atoms with Crippen LogP contribution in [0.2, 0.25) is 0 Å². The van der Waals surface area contributed by atoms with Gasteiger partial charge in [-0.05, 0) is 43.0 Å². The lowest BCUT2D eigenvalue weighted by Crippen LogP contribution is -2.34. The van der Waals surface area contributed by atoms with Crippen LogP contribution in [0.4, 0.5) is 0 Å². The van der Waals surface area contributed by atoms with E-state index in [2.05, 4.69) is 0 Å². The molecule has 0 aliphatic rings. The second-order valence-electron chi connectivity index (χ2n) is 3.63. The fourth-order valence-corrected chi connectivity index (χ4v) is 1.72. The molecule has 0 saturated carbocycles. The molecule has 0 amide bonds. The molecule has 0 bridgehead atoms. The molecular formula is C12H17NO2S. The Morgan fingerprint density at radius 3 is 2.94 bits per heavy atom. The molecule has 0 fully saturated rings. The molecule has 88 valence electrons. The number of thioether (sulfide) groups is 1. The largest absolute Gasteiger partial charge is 0.425 e. The summed E-state index contributed by atoms with van der Waals surface area (Å²) in [6, 6.07) is 6.84. The Balaban J connectivity index is 2.50. The van der Waals surface area contributed by atoms with Crippen LogP contribution in [0.25, 0.3) is 0 Å².